The Balaban J connectivity index is 2.05. The second kappa shape index (κ2) is 4.57. The largest absolute Gasteiger partial charge is 0.441 e. The maximum atomic E-state index is 12.3. The summed E-state index contributed by atoms with van der Waals surface area (Å²) in [5.41, 5.74) is 2.74. The molecule has 0 aliphatic carbocycles. The van der Waals surface area contributed by atoms with Gasteiger partial charge in [0.2, 0.25) is 0 Å². The highest BCUT2D eigenvalue weighted by Crippen LogP contribution is 2.47. The Morgan fingerprint density at radius 1 is 0.810 bits per heavy atom. The summed E-state index contributed by atoms with van der Waals surface area (Å²) in [6.07, 6.45) is 0. The average molecular weight is 292 g/mol. The minimum atomic E-state index is -0.824. The van der Waals surface area contributed by atoms with E-state index in [0.29, 0.717) is 5.56 Å². The van der Waals surface area contributed by atoms with E-state index in [0.717, 1.165) is 16.7 Å². The Bertz CT molecular complexity index is 751. The van der Waals surface area contributed by atoms with E-state index in [1.165, 1.54) is 11.3 Å². The van der Waals surface area contributed by atoms with Gasteiger partial charge in [0.05, 0.1) is 5.56 Å². The Kier molecular flexibility index (Phi) is 2.69. The molecule has 0 bridgehead atoms. The van der Waals surface area contributed by atoms with E-state index in [1.807, 2.05) is 71.4 Å². The van der Waals surface area contributed by atoms with Crippen molar-refractivity contribution in [3.8, 4) is 0 Å². The Labute approximate surface area is 126 Å². The van der Waals surface area contributed by atoms with Gasteiger partial charge in [-0.2, -0.15) is 11.3 Å². The summed E-state index contributed by atoms with van der Waals surface area (Å²) >= 11 is 1.54. The standard InChI is InChI=1S/C18H12O2S/c19-17-15-11-21-12-16(15)18(20-17,13-7-3-1-4-8-13)14-9-5-2-6-10-14/h1-12H. The van der Waals surface area contributed by atoms with Crippen LogP contribution in [-0.2, 0) is 10.3 Å². The number of carbonyl (C=O) groups excluding carboxylic acids is 1. The third-order valence-electron chi connectivity index (χ3n) is 3.87. The molecule has 0 N–H and O–H groups in total. The van der Waals surface area contributed by atoms with Gasteiger partial charge in [-0.25, -0.2) is 4.79 Å². The highest BCUT2D eigenvalue weighted by Gasteiger charge is 2.48. The summed E-state index contributed by atoms with van der Waals surface area (Å²) in [6, 6.07) is 19.8. The van der Waals surface area contributed by atoms with Crippen LogP contribution < -0.4 is 0 Å². The summed E-state index contributed by atoms with van der Waals surface area (Å²) in [5, 5.41) is 3.88. The number of cyclic esters (lactones) is 1. The number of benzene rings is 2. The van der Waals surface area contributed by atoms with Gasteiger partial charge in [-0.3, -0.25) is 0 Å². The molecule has 2 heterocycles. The van der Waals surface area contributed by atoms with Crippen LogP contribution in [0.5, 0.6) is 0 Å². The quantitative estimate of drug-likeness (QED) is 0.661. The number of hydrogen-bond acceptors (Lipinski definition) is 3. The van der Waals surface area contributed by atoms with Crippen LogP contribution in [0.1, 0.15) is 27.0 Å². The fraction of sp³-hybridized carbons (Fsp3) is 0.0556. The van der Waals surface area contributed by atoms with Gasteiger partial charge in [-0.05, 0) is 5.38 Å². The Morgan fingerprint density at radius 2 is 1.38 bits per heavy atom. The molecule has 0 atom stereocenters. The zero-order chi connectivity index (χ0) is 14.3. The van der Waals surface area contributed by atoms with Gasteiger partial charge in [-0.15, -0.1) is 0 Å². The van der Waals surface area contributed by atoms with Crippen molar-refractivity contribution in [1.29, 1.82) is 0 Å². The number of esters is 1. The fourth-order valence-electron chi connectivity index (χ4n) is 2.92. The molecule has 2 aromatic carbocycles. The van der Waals surface area contributed by atoms with Crippen LogP contribution in [-0.4, -0.2) is 5.97 Å². The lowest BCUT2D eigenvalue weighted by molar-refractivity contribution is 0.0251. The van der Waals surface area contributed by atoms with E-state index in [1.54, 1.807) is 0 Å². The van der Waals surface area contributed by atoms with Gasteiger partial charge >= 0.3 is 5.97 Å². The molecule has 0 radical (unpaired) electrons. The molecule has 0 unspecified atom stereocenters. The summed E-state index contributed by atoms with van der Waals surface area (Å²) in [4.78, 5) is 12.3. The van der Waals surface area contributed by atoms with Crippen LogP contribution in [0.4, 0.5) is 0 Å². The maximum Gasteiger partial charge on any atom is 0.341 e. The first-order valence-corrected chi connectivity index (χ1v) is 7.68. The van der Waals surface area contributed by atoms with Gasteiger partial charge in [0.25, 0.3) is 0 Å². The van der Waals surface area contributed by atoms with Gasteiger partial charge in [-0.1, -0.05) is 60.7 Å². The van der Waals surface area contributed by atoms with Crippen LogP contribution in [0.25, 0.3) is 0 Å². The van der Waals surface area contributed by atoms with Crippen molar-refractivity contribution in [3.05, 3.63) is 93.7 Å². The third kappa shape index (κ3) is 1.68. The molecule has 0 amide bonds. The van der Waals surface area contributed by atoms with Gasteiger partial charge in [0.15, 0.2) is 5.60 Å². The SMILES string of the molecule is O=C1OC(c2ccccc2)(c2ccccc2)c2cscc21. The molecule has 3 heteroatoms. The van der Waals surface area contributed by atoms with Crippen LogP contribution in [0.15, 0.2) is 71.4 Å². The van der Waals surface area contributed by atoms with Crippen molar-refractivity contribution >= 4 is 17.3 Å². The first kappa shape index (κ1) is 12.4. The van der Waals surface area contributed by atoms with Gasteiger partial charge in [0.1, 0.15) is 0 Å². The second-order valence-electron chi connectivity index (χ2n) is 5.00. The summed E-state index contributed by atoms with van der Waals surface area (Å²) in [6.45, 7) is 0. The normalized spacial score (nSPS) is 15.5. The van der Waals surface area contributed by atoms with Crippen LogP contribution >= 0.6 is 11.3 Å². The first-order valence-electron chi connectivity index (χ1n) is 6.73. The van der Waals surface area contributed by atoms with Crippen molar-refractivity contribution in [2.24, 2.45) is 0 Å². The van der Waals surface area contributed by atoms with Crippen molar-refractivity contribution in [2.75, 3.05) is 0 Å². The molecule has 0 saturated carbocycles. The lowest BCUT2D eigenvalue weighted by atomic mass is 9.81. The molecule has 1 aliphatic heterocycles. The van der Waals surface area contributed by atoms with E-state index < -0.39 is 5.60 Å². The highest BCUT2D eigenvalue weighted by atomic mass is 32.1. The van der Waals surface area contributed by atoms with Crippen molar-refractivity contribution in [3.63, 3.8) is 0 Å². The lowest BCUT2D eigenvalue weighted by Crippen LogP contribution is -2.29. The number of fused-ring (bicyclic) bond motifs is 1. The smallest absolute Gasteiger partial charge is 0.341 e. The topological polar surface area (TPSA) is 26.3 Å². The maximum absolute atomic E-state index is 12.3. The van der Waals surface area contributed by atoms with Crippen LogP contribution in [0.3, 0.4) is 0 Å². The minimum absolute atomic E-state index is 0.251. The van der Waals surface area contributed by atoms with Gasteiger partial charge < -0.3 is 4.74 Å². The third-order valence-corrected chi connectivity index (χ3v) is 4.61. The molecular weight excluding hydrogens is 280 g/mol. The number of rotatable bonds is 2. The summed E-state index contributed by atoms with van der Waals surface area (Å²) in [7, 11) is 0. The molecule has 21 heavy (non-hydrogen) atoms. The molecule has 0 saturated heterocycles. The zero-order valence-electron chi connectivity index (χ0n) is 11.2. The Hall–Kier alpha value is -2.39. The fourth-order valence-corrected chi connectivity index (χ4v) is 3.77. The van der Waals surface area contributed by atoms with Crippen molar-refractivity contribution < 1.29 is 9.53 Å². The highest BCUT2D eigenvalue weighted by molar-refractivity contribution is 7.08. The molecular formula is C18H12O2S. The number of carbonyl (C=O) groups is 1. The summed E-state index contributed by atoms with van der Waals surface area (Å²) in [5.74, 6) is -0.251. The van der Waals surface area contributed by atoms with Crippen molar-refractivity contribution in [1.82, 2.24) is 0 Å². The minimum Gasteiger partial charge on any atom is -0.441 e. The Morgan fingerprint density at radius 3 is 1.95 bits per heavy atom. The average Bonchev–Trinajstić information content (AvgIpc) is 3.13. The van der Waals surface area contributed by atoms with E-state index in [-0.39, 0.29) is 5.97 Å². The van der Waals surface area contributed by atoms with E-state index in [4.69, 9.17) is 4.74 Å². The second-order valence-corrected chi connectivity index (χ2v) is 5.75. The number of ether oxygens (including phenoxy) is 1. The van der Waals surface area contributed by atoms with E-state index in [9.17, 15) is 4.79 Å². The molecule has 1 aromatic heterocycles. The molecule has 2 nitrogen and oxygen atoms in total. The molecule has 3 aromatic rings. The van der Waals surface area contributed by atoms with E-state index >= 15 is 0 Å². The van der Waals surface area contributed by atoms with E-state index in [2.05, 4.69) is 0 Å². The predicted molar refractivity (Wildman–Crippen MR) is 82.5 cm³/mol. The monoisotopic (exact) mass is 292 g/mol. The molecule has 0 fully saturated rings. The molecule has 0 spiro atoms. The first-order chi connectivity index (χ1) is 10.3. The number of thiophene rings is 1. The molecule has 1 aliphatic rings. The molecule has 4 rings (SSSR count). The van der Waals surface area contributed by atoms with Crippen molar-refractivity contribution in [2.45, 2.75) is 5.60 Å². The zero-order valence-corrected chi connectivity index (χ0v) is 12.0. The predicted octanol–water partition coefficient (Wildman–Crippen LogP) is 4.21. The van der Waals surface area contributed by atoms with Gasteiger partial charge in [0, 0.05) is 22.1 Å². The number of hydrogen-bond donors (Lipinski definition) is 0. The lowest BCUT2D eigenvalue weighted by Gasteiger charge is -2.29. The van der Waals surface area contributed by atoms with Crippen LogP contribution in [0.2, 0.25) is 0 Å². The molecule has 102 valence electrons. The summed E-state index contributed by atoms with van der Waals surface area (Å²) < 4.78 is 5.90. The van der Waals surface area contributed by atoms with Crippen LogP contribution in [0, 0.1) is 0 Å².